The van der Waals surface area contributed by atoms with E-state index < -0.39 is 11.9 Å². The van der Waals surface area contributed by atoms with Crippen molar-refractivity contribution in [2.75, 3.05) is 39.3 Å². The van der Waals surface area contributed by atoms with Crippen molar-refractivity contribution in [2.45, 2.75) is 19.8 Å². The zero-order valence-electron chi connectivity index (χ0n) is 18.3. The molecule has 0 aromatic heterocycles. The van der Waals surface area contributed by atoms with E-state index in [1.54, 1.807) is 0 Å². The SMILES string of the molecule is Cc1cccc(OCC(=O)N2CCN(CCCc3ccccc3)CC2)c1.O=C(O)C(=O)O. The summed E-state index contributed by atoms with van der Waals surface area (Å²) < 4.78 is 5.64. The van der Waals surface area contributed by atoms with Crippen LogP contribution < -0.4 is 4.74 Å². The largest absolute Gasteiger partial charge is 0.484 e. The van der Waals surface area contributed by atoms with Crippen molar-refractivity contribution in [1.82, 2.24) is 9.80 Å². The molecule has 0 saturated carbocycles. The third-order valence-corrected chi connectivity index (χ3v) is 5.04. The highest BCUT2D eigenvalue weighted by molar-refractivity contribution is 6.27. The highest BCUT2D eigenvalue weighted by atomic mass is 16.5. The summed E-state index contributed by atoms with van der Waals surface area (Å²) in [5, 5.41) is 14.8. The molecule has 0 atom stereocenters. The fraction of sp³-hybridized carbons (Fsp3) is 0.375. The summed E-state index contributed by atoms with van der Waals surface area (Å²) in [5.74, 6) is -2.81. The molecule has 8 nitrogen and oxygen atoms in total. The summed E-state index contributed by atoms with van der Waals surface area (Å²) >= 11 is 0. The van der Waals surface area contributed by atoms with Gasteiger partial charge in [0.25, 0.3) is 5.91 Å². The molecular formula is C24H30N2O6. The second-order valence-electron chi connectivity index (χ2n) is 7.53. The number of nitrogens with zero attached hydrogens (tertiary/aromatic N) is 2. The Morgan fingerprint density at radius 2 is 1.56 bits per heavy atom. The molecule has 0 aliphatic carbocycles. The van der Waals surface area contributed by atoms with Crippen LogP contribution >= 0.6 is 0 Å². The number of carbonyl (C=O) groups excluding carboxylic acids is 1. The quantitative estimate of drug-likeness (QED) is 0.634. The first-order valence-electron chi connectivity index (χ1n) is 10.5. The van der Waals surface area contributed by atoms with E-state index in [2.05, 4.69) is 35.2 Å². The summed E-state index contributed by atoms with van der Waals surface area (Å²) in [6, 6.07) is 18.4. The monoisotopic (exact) mass is 442 g/mol. The number of rotatable bonds is 7. The molecular weight excluding hydrogens is 412 g/mol. The number of piperazine rings is 1. The van der Waals surface area contributed by atoms with Gasteiger partial charge in [0.1, 0.15) is 5.75 Å². The van der Waals surface area contributed by atoms with Crippen molar-refractivity contribution < 1.29 is 29.3 Å². The average molecular weight is 443 g/mol. The summed E-state index contributed by atoms with van der Waals surface area (Å²) in [4.78, 5) is 34.9. The van der Waals surface area contributed by atoms with Crippen LogP contribution in [-0.4, -0.2) is 77.2 Å². The van der Waals surface area contributed by atoms with Crippen LogP contribution in [0.4, 0.5) is 0 Å². The third-order valence-electron chi connectivity index (χ3n) is 5.04. The Hall–Kier alpha value is -3.39. The van der Waals surface area contributed by atoms with Crippen LogP contribution in [0.3, 0.4) is 0 Å². The van der Waals surface area contributed by atoms with E-state index in [9.17, 15) is 4.79 Å². The number of aryl methyl sites for hydroxylation is 2. The van der Waals surface area contributed by atoms with Gasteiger partial charge >= 0.3 is 11.9 Å². The highest BCUT2D eigenvalue weighted by Crippen LogP contribution is 2.13. The Labute approximate surface area is 188 Å². The van der Waals surface area contributed by atoms with Crippen molar-refractivity contribution in [1.29, 1.82) is 0 Å². The van der Waals surface area contributed by atoms with Crippen LogP contribution in [0.15, 0.2) is 54.6 Å². The molecule has 32 heavy (non-hydrogen) atoms. The Morgan fingerprint density at radius 1 is 0.906 bits per heavy atom. The maximum absolute atomic E-state index is 12.3. The van der Waals surface area contributed by atoms with Crippen LogP contribution in [-0.2, 0) is 20.8 Å². The minimum absolute atomic E-state index is 0.0791. The lowest BCUT2D eigenvalue weighted by Crippen LogP contribution is -2.50. The molecule has 0 radical (unpaired) electrons. The standard InChI is InChI=1S/C22H28N2O2.C2H2O4/c1-19-7-5-11-21(17-19)26-18-22(25)24-15-13-23(14-16-24)12-6-10-20-8-3-2-4-9-20;3-1(4)2(5)6/h2-5,7-9,11,17H,6,10,12-16,18H2,1H3;(H,3,4)(H,5,6). The van der Waals surface area contributed by atoms with Crippen LogP contribution in [0.5, 0.6) is 5.75 Å². The lowest BCUT2D eigenvalue weighted by molar-refractivity contribution is -0.159. The topological polar surface area (TPSA) is 107 Å². The maximum atomic E-state index is 12.3. The molecule has 0 spiro atoms. The van der Waals surface area contributed by atoms with Crippen molar-refractivity contribution >= 4 is 17.8 Å². The van der Waals surface area contributed by atoms with Gasteiger partial charge in [-0.2, -0.15) is 0 Å². The van der Waals surface area contributed by atoms with Gasteiger partial charge in [-0.1, -0.05) is 42.5 Å². The predicted octanol–water partition coefficient (Wildman–Crippen LogP) is 2.31. The molecule has 1 fully saturated rings. The Morgan fingerprint density at radius 3 is 2.16 bits per heavy atom. The van der Waals surface area contributed by atoms with Crippen LogP contribution in [0.1, 0.15) is 17.5 Å². The van der Waals surface area contributed by atoms with Crippen molar-refractivity contribution in [3.63, 3.8) is 0 Å². The molecule has 1 saturated heterocycles. The lowest BCUT2D eigenvalue weighted by atomic mass is 10.1. The molecule has 3 rings (SSSR count). The number of carboxylic acids is 2. The minimum atomic E-state index is -1.82. The number of aliphatic carboxylic acids is 2. The fourth-order valence-electron chi connectivity index (χ4n) is 3.31. The summed E-state index contributed by atoms with van der Waals surface area (Å²) in [6.07, 6.45) is 2.28. The van der Waals surface area contributed by atoms with E-state index in [0.29, 0.717) is 0 Å². The zero-order valence-corrected chi connectivity index (χ0v) is 18.3. The fourth-order valence-corrected chi connectivity index (χ4v) is 3.31. The van der Waals surface area contributed by atoms with Gasteiger partial charge in [-0.25, -0.2) is 9.59 Å². The Kier molecular flexibility index (Phi) is 10.2. The number of amides is 1. The summed E-state index contributed by atoms with van der Waals surface area (Å²) in [5.41, 5.74) is 2.54. The van der Waals surface area contributed by atoms with Gasteiger partial charge in [0.05, 0.1) is 0 Å². The van der Waals surface area contributed by atoms with E-state index in [-0.39, 0.29) is 12.5 Å². The second-order valence-corrected chi connectivity index (χ2v) is 7.53. The average Bonchev–Trinajstić information content (AvgIpc) is 2.79. The number of carbonyl (C=O) groups is 3. The lowest BCUT2D eigenvalue weighted by Gasteiger charge is -2.34. The molecule has 0 bridgehead atoms. The molecule has 1 amide bonds. The van der Waals surface area contributed by atoms with Gasteiger partial charge in [0.2, 0.25) is 0 Å². The molecule has 172 valence electrons. The predicted molar refractivity (Wildman–Crippen MR) is 120 cm³/mol. The Bertz CT molecular complexity index is 867. The first-order chi connectivity index (χ1) is 15.3. The number of benzene rings is 2. The molecule has 1 aliphatic heterocycles. The zero-order chi connectivity index (χ0) is 23.3. The number of hydrogen-bond donors (Lipinski definition) is 2. The van der Waals surface area contributed by atoms with Gasteiger partial charge in [0, 0.05) is 26.2 Å². The van der Waals surface area contributed by atoms with Gasteiger partial charge < -0.3 is 19.8 Å². The minimum Gasteiger partial charge on any atom is -0.484 e. The molecule has 1 aliphatic rings. The van der Waals surface area contributed by atoms with Gasteiger partial charge in [0.15, 0.2) is 6.61 Å². The molecule has 2 aromatic carbocycles. The van der Waals surface area contributed by atoms with E-state index in [4.69, 9.17) is 24.5 Å². The molecule has 1 heterocycles. The summed E-state index contributed by atoms with van der Waals surface area (Å²) in [7, 11) is 0. The van der Waals surface area contributed by atoms with Crippen LogP contribution in [0, 0.1) is 6.92 Å². The number of carboxylic acid groups (broad SMARTS) is 2. The van der Waals surface area contributed by atoms with E-state index in [1.165, 1.54) is 5.56 Å². The van der Waals surface area contributed by atoms with E-state index in [0.717, 1.165) is 56.9 Å². The third kappa shape index (κ3) is 9.18. The van der Waals surface area contributed by atoms with Gasteiger partial charge in [-0.3, -0.25) is 9.69 Å². The van der Waals surface area contributed by atoms with Crippen molar-refractivity contribution in [3.05, 3.63) is 65.7 Å². The van der Waals surface area contributed by atoms with Crippen molar-refractivity contribution in [3.8, 4) is 5.75 Å². The molecule has 0 unspecified atom stereocenters. The highest BCUT2D eigenvalue weighted by Gasteiger charge is 2.21. The van der Waals surface area contributed by atoms with Crippen LogP contribution in [0.2, 0.25) is 0 Å². The van der Waals surface area contributed by atoms with E-state index in [1.807, 2.05) is 36.1 Å². The molecule has 2 aromatic rings. The first kappa shape index (κ1) is 24.9. The van der Waals surface area contributed by atoms with E-state index >= 15 is 0 Å². The first-order valence-corrected chi connectivity index (χ1v) is 10.5. The number of hydrogen-bond acceptors (Lipinski definition) is 5. The van der Waals surface area contributed by atoms with Gasteiger partial charge in [-0.15, -0.1) is 0 Å². The summed E-state index contributed by atoms with van der Waals surface area (Å²) in [6.45, 7) is 6.72. The number of ether oxygens (including phenoxy) is 1. The normalized spacial score (nSPS) is 13.6. The van der Waals surface area contributed by atoms with Crippen molar-refractivity contribution in [2.24, 2.45) is 0 Å². The maximum Gasteiger partial charge on any atom is 0.414 e. The van der Waals surface area contributed by atoms with Crippen LogP contribution in [0.25, 0.3) is 0 Å². The van der Waals surface area contributed by atoms with Gasteiger partial charge in [-0.05, 0) is 49.6 Å². The molecule has 8 heteroatoms. The Balaban J connectivity index is 0.000000534. The smallest absolute Gasteiger partial charge is 0.414 e. The molecule has 2 N–H and O–H groups in total. The second kappa shape index (κ2) is 13.1.